The van der Waals surface area contributed by atoms with E-state index in [0.717, 1.165) is 0 Å². The highest BCUT2D eigenvalue weighted by Crippen LogP contribution is 2.33. The first-order valence-electron chi connectivity index (χ1n) is 5.87. The Hall–Kier alpha value is -1.71. The fraction of sp³-hybridized carbons (Fsp3) is 0.462. The number of amides is 1. The molecule has 1 aromatic rings. The second-order valence-electron chi connectivity index (χ2n) is 4.52. The predicted octanol–water partition coefficient (Wildman–Crippen LogP) is 1.81. The summed E-state index contributed by atoms with van der Waals surface area (Å²) in [6.07, 6.45) is 2.39. The molecule has 1 unspecified atom stereocenters. The maximum absolute atomic E-state index is 12.1. The van der Waals surface area contributed by atoms with Crippen molar-refractivity contribution in [2.75, 3.05) is 12.8 Å². The smallest absolute Gasteiger partial charge is 0.257 e. The summed E-state index contributed by atoms with van der Waals surface area (Å²) >= 11 is 0. The van der Waals surface area contributed by atoms with Crippen molar-refractivity contribution in [2.45, 2.75) is 25.8 Å². The van der Waals surface area contributed by atoms with Crippen LogP contribution in [0, 0.1) is 5.92 Å². The number of nitrogen functional groups attached to an aromatic ring is 1. The highest BCUT2D eigenvalue weighted by molar-refractivity contribution is 6.02. The maximum atomic E-state index is 12.1. The average molecular weight is 234 g/mol. The van der Waals surface area contributed by atoms with Crippen LogP contribution < -0.4 is 15.8 Å². The van der Waals surface area contributed by atoms with E-state index in [9.17, 15) is 4.79 Å². The van der Waals surface area contributed by atoms with E-state index in [1.54, 1.807) is 18.2 Å². The zero-order chi connectivity index (χ0) is 12.4. The molecule has 0 saturated heterocycles. The lowest BCUT2D eigenvalue weighted by Crippen LogP contribution is -2.34. The largest absolute Gasteiger partial charge is 0.496 e. The van der Waals surface area contributed by atoms with Gasteiger partial charge in [-0.05, 0) is 37.8 Å². The number of rotatable bonds is 4. The van der Waals surface area contributed by atoms with Crippen LogP contribution in [0.25, 0.3) is 0 Å². The van der Waals surface area contributed by atoms with E-state index in [0.29, 0.717) is 22.9 Å². The molecule has 0 aromatic heterocycles. The number of benzene rings is 1. The van der Waals surface area contributed by atoms with Crippen molar-refractivity contribution in [3.05, 3.63) is 23.8 Å². The zero-order valence-electron chi connectivity index (χ0n) is 10.2. The molecule has 1 atom stereocenters. The van der Waals surface area contributed by atoms with Crippen molar-refractivity contribution in [1.29, 1.82) is 0 Å². The van der Waals surface area contributed by atoms with Gasteiger partial charge in [0.1, 0.15) is 11.3 Å². The Bertz CT molecular complexity index is 427. The summed E-state index contributed by atoms with van der Waals surface area (Å²) in [6.45, 7) is 2.03. The van der Waals surface area contributed by atoms with Gasteiger partial charge in [0.15, 0.2) is 0 Å². The average Bonchev–Trinajstić information content (AvgIpc) is 3.11. The predicted molar refractivity (Wildman–Crippen MR) is 67.1 cm³/mol. The first-order valence-corrected chi connectivity index (χ1v) is 5.87. The molecular weight excluding hydrogens is 216 g/mol. The fourth-order valence-electron chi connectivity index (χ4n) is 1.95. The van der Waals surface area contributed by atoms with Crippen LogP contribution in [0.1, 0.15) is 30.1 Å². The molecule has 1 amide bonds. The molecule has 1 aliphatic rings. The van der Waals surface area contributed by atoms with Crippen molar-refractivity contribution in [3.8, 4) is 5.75 Å². The van der Waals surface area contributed by atoms with Gasteiger partial charge in [-0.2, -0.15) is 0 Å². The highest BCUT2D eigenvalue weighted by Gasteiger charge is 2.30. The van der Waals surface area contributed by atoms with E-state index in [1.807, 2.05) is 6.92 Å². The van der Waals surface area contributed by atoms with E-state index < -0.39 is 0 Å². The summed E-state index contributed by atoms with van der Waals surface area (Å²) in [5, 5.41) is 2.97. The van der Waals surface area contributed by atoms with Crippen molar-refractivity contribution in [3.63, 3.8) is 0 Å². The monoisotopic (exact) mass is 234 g/mol. The van der Waals surface area contributed by atoms with Gasteiger partial charge in [-0.3, -0.25) is 4.79 Å². The van der Waals surface area contributed by atoms with Crippen LogP contribution in [0.15, 0.2) is 18.2 Å². The minimum atomic E-state index is -0.153. The normalized spacial score (nSPS) is 16.4. The molecule has 1 aromatic carbocycles. The van der Waals surface area contributed by atoms with Gasteiger partial charge < -0.3 is 15.8 Å². The lowest BCUT2D eigenvalue weighted by atomic mass is 10.1. The fourth-order valence-corrected chi connectivity index (χ4v) is 1.95. The topological polar surface area (TPSA) is 64.3 Å². The Morgan fingerprint density at radius 1 is 1.53 bits per heavy atom. The van der Waals surface area contributed by atoms with Gasteiger partial charge in [0, 0.05) is 11.7 Å². The summed E-state index contributed by atoms with van der Waals surface area (Å²) in [6, 6.07) is 5.42. The molecule has 0 radical (unpaired) electrons. The van der Waals surface area contributed by atoms with Crippen LogP contribution in [0.2, 0.25) is 0 Å². The summed E-state index contributed by atoms with van der Waals surface area (Å²) in [5.74, 6) is 0.986. The number of carbonyl (C=O) groups is 1. The van der Waals surface area contributed by atoms with Gasteiger partial charge in [0.05, 0.1) is 7.11 Å². The van der Waals surface area contributed by atoms with Crippen molar-refractivity contribution < 1.29 is 9.53 Å². The molecule has 3 N–H and O–H groups in total. The number of hydrogen-bond donors (Lipinski definition) is 2. The molecule has 17 heavy (non-hydrogen) atoms. The molecule has 1 saturated carbocycles. The molecule has 1 aliphatic carbocycles. The lowest BCUT2D eigenvalue weighted by molar-refractivity contribution is 0.0934. The van der Waals surface area contributed by atoms with Gasteiger partial charge in [-0.25, -0.2) is 0 Å². The van der Waals surface area contributed by atoms with Crippen LogP contribution in [0.5, 0.6) is 5.75 Å². The van der Waals surface area contributed by atoms with Crippen LogP contribution in [-0.2, 0) is 0 Å². The minimum Gasteiger partial charge on any atom is -0.496 e. The van der Waals surface area contributed by atoms with Crippen LogP contribution >= 0.6 is 0 Å². The molecule has 0 spiro atoms. The number of nitrogens with one attached hydrogen (secondary N) is 1. The molecule has 1 fully saturated rings. The number of carbonyl (C=O) groups excluding carboxylic acids is 1. The third-order valence-electron chi connectivity index (χ3n) is 3.19. The summed E-state index contributed by atoms with van der Waals surface area (Å²) in [5.41, 5.74) is 6.71. The third kappa shape index (κ3) is 2.52. The molecule has 4 nitrogen and oxygen atoms in total. The molecule has 0 bridgehead atoms. The quantitative estimate of drug-likeness (QED) is 0.781. The second kappa shape index (κ2) is 4.65. The third-order valence-corrected chi connectivity index (χ3v) is 3.19. The van der Waals surface area contributed by atoms with Gasteiger partial charge in [0.25, 0.3) is 5.91 Å². The zero-order valence-corrected chi connectivity index (χ0v) is 10.2. The second-order valence-corrected chi connectivity index (χ2v) is 4.52. The number of anilines is 1. The molecule has 92 valence electrons. The molecule has 2 rings (SSSR count). The maximum Gasteiger partial charge on any atom is 0.257 e. The molecular formula is C13H18N2O2. The lowest BCUT2D eigenvalue weighted by Gasteiger charge is -2.15. The minimum absolute atomic E-state index is 0.153. The van der Waals surface area contributed by atoms with E-state index in [1.165, 1.54) is 20.0 Å². The molecule has 4 heteroatoms. The van der Waals surface area contributed by atoms with E-state index in [-0.39, 0.29) is 11.9 Å². The Morgan fingerprint density at radius 2 is 2.24 bits per heavy atom. The van der Waals surface area contributed by atoms with Crippen molar-refractivity contribution >= 4 is 11.6 Å². The summed E-state index contributed by atoms with van der Waals surface area (Å²) in [4.78, 5) is 12.1. The number of hydrogen-bond acceptors (Lipinski definition) is 3. The Kier molecular flexibility index (Phi) is 3.22. The number of ether oxygens (including phenoxy) is 1. The van der Waals surface area contributed by atoms with Crippen LogP contribution in [0.4, 0.5) is 5.69 Å². The van der Waals surface area contributed by atoms with Crippen LogP contribution in [0.3, 0.4) is 0 Å². The number of nitrogens with two attached hydrogens (primary N) is 1. The van der Waals surface area contributed by atoms with Gasteiger partial charge in [0.2, 0.25) is 0 Å². The van der Waals surface area contributed by atoms with Gasteiger partial charge in [-0.1, -0.05) is 6.07 Å². The van der Waals surface area contributed by atoms with Crippen LogP contribution in [-0.4, -0.2) is 19.1 Å². The first-order chi connectivity index (χ1) is 8.13. The summed E-state index contributed by atoms with van der Waals surface area (Å²) < 4.78 is 5.16. The van der Waals surface area contributed by atoms with Crippen molar-refractivity contribution in [1.82, 2.24) is 5.32 Å². The van der Waals surface area contributed by atoms with E-state index in [4.69, 9.17) is 10.5 Å². The first kappa shape index (κ1) is 11.8. The SMILES string of the molecule is COc1cccc(N)c1C(=O)NC(C)C1CC1. The van der Waals surface area contributed by atoms with E-state index >= 15 is 0 Å². The highest BCUT2D eigenvalue weighted by atomic mass is 16.5. The standard InChI is InChI=1S/C13H18N2O2/c1-8(9-6-7-9)15-13(16)12-10(14)4-3-5-11(12)17-2/h3-5,8-9H,6-7,14H2,1-2H3,(H,15,16). The van der Waals surface area contributed by atoms with E-state index in [2.05, 4.69) is 5.32 Å². The Labute approximate surface area is 101 Å². The summed E-state index contributed by atoms with van der Waals surface area (Å²) in [7, 11) is 1.54. The van der Waals surface area contributed by atoms with Crippen molar-refractivity contribution in [2.24, 2.45) is 5.92 Å². The Morgan fingerprint density at radius 3 is 2.82 bits per heavy atom. The van der Waals surface area contributed by atoms with Gasteiger partial charge >= 0.3 is 0 Å². The molecule has 0 heterocycles. The Balaban J connectivity index is 2.17. The molecule has 0 aliphatic heterocycles. The number of methoxy groups -OCH3 is 1. The van der Waals surface area contributed by atoms with Gasteiger partial charge in [-0.15, -0.1) is 0 Å².